The van der Waals surface area contributed by atoms with Crippen molar-refractivity contribution in [2.45, 2.75) is 19.9 Å². The molecule has 0 unspecified atom stereocenters. The number of ketones is 1. The number of methoxy groups -OCH3 is 2. The fourth-order valence-corrected chi connectivity index (χ4v) is 2.25. The molecule has 2 N–H and O–H groups in total. The molecule has 2 aromatic carbocycles. The fraction of sp³-hybridized carbons (Fsp3) is 0.263. The van der Waals surface area contributed by atoms with E-state index in [0.29, 0.717) is 28.4 Å². The third-order valence-corrected chi connectivity index (χ3v) is 3.69. The van der Waals surface area contributed by atoms with E-state index in [4.69, 9.17) is 9.47 Å². The van der Waals surface area contributed by atoms with Crippen LogP contribution in [0.25, 0.3) is 0 Å². The van der Waals surface area contributed by atoms with E-state index in [-0.39, 0.29) is 11.7 Å². The first kappa shape index (κ1) is 18.3. The Morgan fingerprint density at radius 2 is 1.48 bits per heavy atom. The summed E-state index contributed by atoms with van der Waals surface area (Å²) < 4.78 is 10.4. The van der Waals surface area contributed by atoms with Crippen LogP contribution in [0.1, 0.15) is 24.2 Å². The van der Waals surface area contributed by atoms with Crippen LogP contribution >= 0.6 is 0 Å². The molecule has 6 heteroatoms. The molecular formula is C19H22N2O4. The Balaban J connectivity index is 2.03. The number of anilines is 2. The van der Waals surface area contributed by atoms with Gasteiger partial charge in [-0.15, -0.1) is 0 Å². The average Bonchev–Trinajstić information content (AvgIpc) is 2.61. The summed E-state index contributed by atoms with van der Waals surface area (Å²) in [5.41, 5.74) is 1.95. The van der Waals surface area contributed by atoms with Crippen molar-refractivity contribution in [3.8, 4) is 11.5 Å². The number of carbonyl (C=O) groups is 2. The summed E-state index contributed by atoms with van der Waals surface area (Å²) in [6.45, 7) is 3.26. The van der Waals surface area contributed by atoms with Gasteiger partial charge in [0.15, 0.2) is 5.78 Å². The molecule has 2 rings (SSSR count). The molecule has 2 aromatic rings. The van der Waals surface area contributed by atoms with Crippen molar-refractivity contribution in [3.63, 3.8) is 0 Å². The van der Waals surface area contributed by atoms with Crippen LogP contribution in [0.5, 0.6) is 11.5 Å². The van der Waals surface area contributed by atoms with E-state index >= 15 is 0 Å². The van der Waals surface area contributed by atoms with Crippen molar-refractivity contribution in [3.05, 3.63) is 48.0 Å². The Morgan fingerprint density at radius 3 is 1.96 bits per heavy atom. The third kappa shape index (κ3) is 4.97. The molecule has 0 heterocycles. The standard InChI is InChI=1S/C19H22N2O4/c1-12(20-16-9-17(24-3)11-18(10-16)25-4)19(23)21-15-7-5-14(6-8-15)13(2)22/h5-12,20H,1-4H3,(H,21,23)/t12-/m1/s1. The molecule has 132 valence electrons. The quantitative estimate of drug-likeness (QED) is 0.755. The van der Waals surface area contributed by atoms with Gasteiger partial charge in [-0.2, -0.15) is 0 Å². The van der Waals surface area contributed by atoms with Crippen LogP contribution in [0.3, 0.4) is 0 Å². The molecule has 6 nitrogen and oxygen atoms in total. The lowest BCUT2D eigenvalue weighted by Gasteiger charge is -2.17. The summed E-state index contributed by atoms with van der Waals surface area (Å²) in [6.07, 6.45) is 0. The van der Waals surface area contributed by atoms with Crippen molar-refractivity contribution < 1.29 is 19.1 Å². The fourth-order valence-electron chi connectivity index (χ4n) is 2.25. The molecule has 0 spiro atoms. The molecule has 0 aliphatic rings. The average molecular weight is 342 g/mol. The Hall–Kier alpha value is -3.02. The Labute approximate surface area is 147 Å². The smallest absolute Gasteiger partial charge is 0.246 e. The second-order valence-electron chi connectivity index (χ2n) is 5.59. The van der Waals surface area contributed by atoms with E-state index in [1.807, 2.05) is 0 Å². The molecule has 1 amide bonds. The number of Topliss-reactive ketones (excluding diaryl/α,β-unsaturated/α-hetero) is 1. The molecule has 0 bridgehead atoms. The van der Waals surface area contributed by atoms with Crippen LogP contribution in [0, 0.1) is 0 Å². The van der Waals surface area contributed by atoms with Crippen LogP contribution in [0.2, 0.25) is 0 Å². The summed E-state index contributed by atoms with van der Waals surface area (Å²) >= 11 is 0. The first-order chi connectivity index (χ1) is 11.9. The first-order valence-electron chi connectivity index (χ1n) is 7.84. The number of nitrogens with one attached hydrogen (secondary N) is 2. The predicted molar refractivity (Wildman–Crippen MR) is 97.7 cm³/mol. The largest absolute Gasteiger partial charge is 0.497 e. The van der Waals surface area contributed by atoms with Crippen LogP contribution in [-0.4, -0.2) is 32.0 Å². The number of benzene rings is 2. The maximum Gasteiger partial charge on any atom is 0.246 e. The van der Waals surface area contributed by atoms with Gasteiger partial charge in [0.05, 0.1) is 14.2 Å². The molecule has 0 fully saturated rings. The molecule has 0 saturated carbocycles. The highest BCUT2D eigenvalue weighted by Crippen LogP contribution is 2.26. The minimum absolute atomic E-state index is 0.0140. The monoisotopic (exact) mass is 342 g/mol. The van der Waals surface area contributed by atoms with E-state index in [1.165, 1.54) is 6.92 Å². The molecule has 25 heavy (non-hydrogen) atoms. The van der Waals surface area contributed by atoms with E-state index in [2.05, 4.69) is 10.6 Å². The minimum Gasteiger partial charge on any atom is -0.497 e. The highest BCUT2D eigenvalue weighted by molar-refractivity contribution is 5.98. The van der Waals surface area contributed by atoms with E-state index < -0.39 is 6.04 Å². The minimum atomic E-state index is -0.482. The molecule has 0 saturated heterocycles. The van der Waals surface area contributed by atoms with Crippen molar-refractivity contribution in [2.24, 2.45) is 0 Å². The van der Waals surface area contributed by atoms with Gasteiger partial charge in [-0.3, -0.25) is 9.59 Å². The maximum atomic E-state index is 12.3. The van der Waals surface area contributed by atoms with Gasteiger partial charge in [-0.05, 0) is 38.1 Å². The number of hydrogen-bond donors (Lipinski definition) is 2. The van der Waals surface area contributed by atoms with Gasteiger partial charge in [0, 0.05) is 35.1 Å². The van der Waals surface area contributed by atoms with Crippen LogP contribution in [0.4, 0.5) is 11.4 Å². The predicted octanol–water partition coefficient (Wildman–Crippen LogP) is 3.35. The normalized spacial score (nSPS) is 11.4. The van der Waals surface area contributed by atoms with Gasteiger partial charge in [0.1, 0.15) is 17.5 Å². The van der Waals surface area contributed by atoms with Gasteiger partial charge in [-0.25, -0.2) is 0 Å². The second-order valence-corrected chi connectivity index (χ2v) is 5.59. The Kier molecular flexibility index (Phi) is 6.00. The summed E-state index contributed by atoms with van der Waals surface area (Å²) in [7, 11) is 3.14. The first-order valence-corrected chi connectivity index (χ1v) is 7.84. The second kappa shape index (κ2) is 8.19. The number of carbonyl (C=O) groups excluding carboxylic acids is 2. The molecular weight excluding hydrogens is 320 g/mol. The van der Waals surface area contributed by atoms with E-state index in [0.717, 1.165) is 0 Å². The van der Waals surface area contributed by atoms with Crippen LogP contribution in [-0.2, 0) is 4.79 Å². The Bertz CT molecular complexity index is 734. The summed E-state index contributed by atoms with van der Waals surface area (Å²) in [5.74, 6) is 1.06. The van der Waals surface area contributed by atoms with E-state index in [1.54, 1.807) is 63.6 Å². The zero-order valence-corrected chi connectivity index (χ0v) is 14.8. The van der Waals surface area contributed by atoms with Gasteiger partial charge in [0.25, 0.3) is 0 Å². The molecule has 0 aromatic heterocycles. The lowest BCUT2D eigenvalue weighted by Crippen LogP contribution is -2.31. The SMILES string of the molecule is COc1cc(N[C@H](C)C(=O)Nc2ccc(C(C)=O)cc2)cc(OC)c1. The van der Waals surface area contributed by atoms with Gasteiger partial charge >= 0.3 is 0 Å². The van der Waals surface area contributed by atoms with Crippen molar-refractivity contribution >= 4 is 23.1 Å². The summed E-state index contributed by atoms with van der Waals surface area (Å²) in [4.78, 5) is 23.6. The van der Waals surface area contributed by atoms with Crippen molar-refractivity contribution in [2.75, 3.05) is 24.9 Å². The Morgan fingerprint density at radius 1 is 0.920 bits per heavy atom. The number of ether oxygens (including phenoxy) is 2. The number of hydrogen-bond acceptors (Lipinski definition) is 5. The lowest BCUT2D eigenvalue weighted by atomic mass is 10.1. The van der Waals surface area contributed by atoms with Gasteiger partial charge in [-0.1, -0.05) is 0 Å². The summed E-state index contributed by atoms with van der Waals surface area (Å²) in [5, 5.41) is 5.92. The maximum absolute atomic E-state index is 12.3. The number of amides is 1. The third-order valence-electron chi connectivity index (χ3n) is 3.69. The van der Waals surface area contributed by atoms with Crippen LogP contribution < -0.4 is 20.1 Å². The zero-order chi connectivity index (χ0) is 18.4. The highest BCUT2D eigenvalue weighted by Gasteiger charge is 2.14. The van der Waals surface area contributed by atoms with Gasteiger partial charge in [0.2, 0.25) is 5.91 Å². The molecule has 0 aliphatic carbocycles. The lowest BCUT2D eigenvalue weighted by molar-refractivity contribution is -0.116. The molecule has 0 aliphatic heterocycles. The molecule has 0 radical (unpaired) electrons. The van der Waals surface area contributed by atoms with Gasteiger partial charge < -0.3 is 20.1 Å². The van der Waals surface area contributed by atoms with Crippen molar-refractivity contribution in [1.29, 1.82) is 0 Å². The van der Waals surface area contributed by atoms with Crippen molar-refractivity contribution in [1.82, 2.24) is 0 Å². The van der Waals surface area contributed by atoms with Crippen LogP contribution in [0.15, 0.2) is 42.5 Å². The topological polar surface area (TPSA) is 76.7 Å². The highest BCUT2D eigenvalue weighted by atomic mass is 16.5. The molecule has 1 atom stereocenters. The zero-order valence-electron chi connectivity index (χ0n) is 14.8. The number of rotatable bonds is 7. The van der Waals surface area contributed by atoms with E-state index in [9.17, 15) is 9.59 Å². The summed E-state index contributed by atoms with van der Waals surface area (Å²) in [6, 6.07) is 11.6.